The topological polar surface area (TPSA) is 61.9 Å². The molecule has 0 spiro atoms. The first-order valence-electron chi connectivity index (χ1n) is 10.7. The quantitative estimate of drug-likeness (QED) is 0.811. The van der Waals surface area contributed by atoms with E-state index in [4.69, 9.17) is 4.74 Å². The Hall–Kier alpha value is -3.02. The van der Waals surface area contributed by atoms with Gasteiger partial charge in [-0.15, -0.1) is 0 Å². The van der Waals surface area contributed by atoms with Crippen LogP contribution in [0.2, 0.25) is 0 Å². The highest BCUT2D eigenvalue weighted by Crippen LogP contribution is 2.38. The van der Waals surface area contributed by atoms with E-state index in [1.807, 2.05) is 36.1 Å². The van der Waals surface area contributed by atoms with E-state index in [0.29, 0.717) is 19.7 Å². The summed E-state index contributed by atoms with van der Waals surface area (Å²) in [7, 11) is 0. The van der Waals surface area contributed by atoms with Crippen LogP contribution in [0.25, 0.3) is 0 Å². The number of hydrogen-bond donors (Lipinski definition) is 1. The monoisotopic (exact) mass is 407 g/mol. The van der Waals surface area contributed by atoms with Crippen molar-refractivity contribution in [1.82, 2.24) is 9.80 Å². The molecule has 2 heterocycles. The van der Waals surface area contributed by atoms with Crippen LogP contribution in [0.3, 0.4) is 0 Å². The molecule has 0 aliphatic carbocycles. The molecule has 2 aromatic rings. The standard InChI is InChI=1S/C24H29N3O3/c1-4-30-24(29)26-13-11-19(12-14-26)27-22(20-7-5-6-8-21(20)23(27)28)25-18-10-9-16(2)17(3)15-18/h5-10,15,19,22,25H,4,11-14H2,1-3H3/t22-/m0/s1. The van der Waals surface area contributed by atoms with Gasteiger partial charge < -0.3 is 19.9 Å². The summed E-state index contributed by atoms with van der Waals surface area (Å²) in [6.07, 6.45) is 1.000. The number of carbonyl (C=O) groups excluding carboxylic acids is 2. The van der Waals surface area contributed by atoms with E-state index in [1.165, 1.54) is 11.1 Å². The van der Waals surface area contributed by atoms with Crippen molar-refractivity contribution in [2.45, 2.75) is 45.8 Å². The molecule has 30 heavy (non-hydrogen) atoms. The van der Waals surface area contributed by atoms with Crippen LogP contribution in [-0.2, 0) is 4.74 Å². The average molecular weight is 408 g/mol. The van der Waals surface area contributed by atoms with E-state index in [9.17, 15) is 9.59 Å². The second kappa shape index (κ2) is 8.38. The van der Waals surface area contributed by atoms with Gasteiger partial charge in [0.1, 0.15) is 6.17 Å². The van der Waals surface area contributed by atoms with Gasteiger partial charge in [-0.2, -0.15) is 0 Å². The second-order valence-corrected chi connectivity index (χ2v) is 8.06. The largest absolute Gasteiger partial charge is 0.450 e. The maximum absolute atomic E-state index is 13.3. The summed E-state index contributed by atoms with van der Waals surface area (Å²) in [6, 6.07) is 14.2. The van der Waals surface area contributed by atoms with Crippen LogP contribution in [0, 0.1) is 13.8 Å². The smallest absolute Gasteiger partial charge is 0.409 e. The summed E-state index contributed by atoms with van der Waals surface area (Å²) >= 11 is 0. The zero-order valence-electron chi connectivity index (χ0n) is 17.9. The summed E-state index contributed by atoms with van der Waals surface area (Å²) < 4.78 is 5.13. The van der Waals surface area contributed by atoms with Gasteiger partial charge in [0, 0.05) is 35.9 Å². The Morgan fingerprint density at radius 3 is 2.53 bits per heavy atom. The first-order chi connectivity index (χ1) is 14.5. The normalized spacial score (nSPS) is 19.0. The third kappa shape index (κ3) is 3.74. The number of fused-ring (bicyclic) bond motifs is 1. The average Bonchev–Trinajstić information content (AvgIpc) is 3.03. The van der Waals surface area contributed by atoms with Gasteiger partial charge >= 0.3 is 6.09 Å². The predicted molar refractivity (Wildman–Crippen MR) is 117 cm³/mol. The molecule has 2 aliphatic rings. The number of likely N-dealkylation sites (tertiary alicyclic amines) is 1. The van der Waals surface area contributed by atoms with Crippen LogP contribution in [0.1, 0.15) is 53.0 Å². The molecule has 158 valence electrons. The Kier molecular flexibility index (Phi) is 5.66. The number of nitrogens with one attached hydrogen (secondary N) is 1. The summed E-state index contributed by atoms with van der Waals surface area (Å²) in [6.45, 7) is 7.57. The summed E-state index contributed by atoms with van der Waals surface area (Å²) in [4.78, 5) is 29.1. The molecule has 0 radical (unpaired) electrons. The molecule has 0 aromatic heterocycles. The van der Waals surface area contributed by atoms with Crippen LogP contribution in [-0.4, -0.2) is 47.5 Å². The van der Waals surface area contributed by atoms with Crippen molar-refractivity contribution in [3.8, 4) is 0 Å². The van der Waals surface area contributed by atoms with Gasteiger partial charge in [0.2, 0.25) is 0 Å². The minimum Gasteiger partial charge on any atom is -0.450 e. The van der Waals surface area contributed by atoms with Gasteiger partial charge in [0.15, 0.2) is 0 Å². The minimum atomic E-state index is -0.267. The molecule has 1 fully saturated rings. The maximum atomic E-state index is 13.3. The molecule has 2 aliphatic heterocycles. The highest BCUT2D eigenvalue weighted by atomic mass is 16.6. The molecule has 6 nitrogen and oxygen atoms in total. The van der Waals surface area contributed by atoms with Crippen molar-refractivity contribution in [3.05, 3.63) is 64.7 Å². The third-order valence-electron chi connectivity index (χ3n) is 6.19. The van der Waals surface area contributed by atoms with Gasteiger partial charge in [-0.05, 0) is 62.9 Å². The molecule has 4 rings (SSSR count). The number of piperidine rings is 1. The molecular weight excluding hydrogens is 378 g/mol. The summed E-state index contributed by atoms with van der Waals surface area (Å²) in [5.41, 5.74) is 5.22. The lowest BCUT2D eigenvalue weighted by molar-refractivity contribution is 0.0496. The van der Waals surface area contributed by atoms with Gasteiger partial charge in [-0.1, -0.05) is 24.3 Å². The molecule has 0 bridgehead atoms. The summed E-state index contributed by atoms with van der Waals surface area (Å²) in [5, 5.41) is 3.60. The fourth-order valence-corrected chi connectivity index (χ4v) is 4.39. The van der Waals surface area contributed by atoms with Crippen LogP contribution >= 0.6 is 0 Å². The second-order valence-electron chi connectivity index (χ2n) is 8.06. The number of nitrogens with zero attached hydrogens (tertiary/aromatic N) is 2. The molecule has 1 N–H and O–H groups in total. The van der Waals surface area contributed by atoms with E-state index in [-0.39, 0.29) is 24.2 Å². The van der Waals surface area contributed by atoms with Crippen LogP contribution < -0.4 is 5.32 Å². The minimum absolute atomic E-state index is 0.0570. The van der Waals surface area contributed by atoms with E-state index in [2.05, 4.69) is 37.4 Å². The molecule has 1 saturated heterocycles. The van der Waals surface area contributed by atoms with Crippen LogP contribution in [0.5, 0.6) is 0 Å². The zero-order chi connectivity index (χ0) is 21.3. The lowest BCUT2D eigenvalue weighted by atomic mass is 10.0. The van der Waals surface area contributed by atoms with Gasteiger partial charge in [0.25, 0.3) is 5.91 Å². The summed E-state index contributed by atoms with van der Waals surface area (Å²) in [5.74, 6) is 0.0570. The van der Waals surface area contributed by atoms with E-state index < -0.39 is 0 Å². The van der Waals surface area contributed by atoms with Crippen LogP contribution in [0.15, 0.2) is 42.5 Å². The van der Waals surface area contributed by atoms with E-state index in [1.54, 1.807) is 4.90 Å². The fourth-order valence-electron chi connectivity index (χ4n) is 4.39. The van der Waals surface area contributed by atoms with Crippen LogP contribution in [0.4, 0.5) is 10.5 Å². The molecular formula is C24H29N3O3. The molecule has 1 atom stereocenters. The molecule has 0 saturated carbocycles. The first kappa shape index (κ1) is 20.3. The predicted octanol–water partition coefficient (Wildman–Crippen LogP) is 4.49. The van der Waals surface area contributed by atoms with Gasteiger partial charge in [-0.25, -0.2) is 4.79 Å². The Balaban J connectivity index is 1.57. The lowest BCUT2D eigenvalue weighted by Crippen LogP contribution is -2.49. The highest BCUT2D eigenvalue weighted by Gasteiger charge is 2.42. The molecule has 2 amide bonds. The number of ether oxygens (including phenoxy) is 1. The molecule has 0 unspecified atom stereocenters. The zero-order valence-corrected chi connectivity index (χ0v) is 17.9. The number of amides is 2. The number of benzene rings is 2. The van der Waals surface area contributed by atoms with Crippen molar-refractivity contribution >= 4 is 17.7 Å². The number of aryl methyl sites for hydroxylation is 2. The van der Waals surface area contributed by atoms with Crippen molar-refractivity contribution < 1.29 is 14.3 Å². The van der Waals surface area contributed by atoms with Crippen molar-refractivity contribution in [2.24, 2.45) is 0 Å². The van der Waals surface area contributed by atoms with Gasteiger partial charge in [0.05, 0.1) is 6.61 Å². The fraction of sp³-hybridized carbons (Fsp3) is 0.417. The van der Waals surface area contributed by atoms with Crippen molar-refractivity contribution in [3.63, 3.8) is 0 Å². The highest BCUT2D eigenvalue weighted by molar-refractivity contribution is 5.99. The number of anilines is 1. The maximum Gasteiger partial charge on any atom is 0.409 e. The first-order valence-corrected chi connectivity index (χ1v) is 10.7. The lowest BCUT2D eigenvalue weighted by Gasteiger charge is -2.39. The van der Waals surface area contributed by atoms with E-state index in [0.717, 1.165) is 29.7 Å². The van der Waals surface area contributed by atoms with E-state index >= 15 is 0 Å². The Bertz CT molecular complexity index is 950. The Labute approximate surface area is 177 Å². The number of carbonyl (C=O) groups is 2. The Morgan fingerprint density at radius 2 is 1.83 bits per heavy atom. The van der Waals surface area contributed by atoms with Gasteiger partial charge in [-0.3, -0.25) is 4.79 Å². The number of hydrogen-bond acceptors (Lipinski definition) is 4. The molecule has 6 heteroatoms. The Morgan fingerprint density at radius 1 is 1.10 bits per heavy atom. The van der Waals surface area contributed by atoms with Crippen molar-refractivity contribution in [1.29, 1.82) is 0 Å². The number of rotatable bonds is 4. The third-order valence-corrected chi connectivity index (χ3v) is 6.19. The molecule has 2 aromatic carbocycles. The SMILES string of the molecule is CCOC(=O)N1CCC(N2C(=O)c3ccccc3[C@H]2Nc2ccc(C)c(C)c2)CC1. The van der Waals surface area contributed by atoms with Crippen molar-refractivity contribution in [2.75, 3.05) is 25.0 Å².